The Kier molecular flexibility index (Phi) is 5.11. The van der Waals surface area contributed by atoms with Crippen molar-refractivity contribution in [1.29, 1.82) is 0 Å². The lowest BCUT2D eigenvalue weighted by atomic mass is 10.0. The highest BCUT2D eigenvalue weighted by Crippen LogP contribution is 2.27. The van der Waals surface area contributed by atoms with Gasteiger partial charge in [-0.1, -0.05) is 55.5 Å². The van der Waals surface area contributed by atoms with Crippen LogP contribution in [0.15, 0.2) is 77.3 Å². The van der Waals surface area contributed by atoms with Crippen molar-refractivity contribution in [3.8, 4) is 16.9 Å². The zero-order valence-electron chi connectivity index (χ0n) is 13.3. The van der Waals surface area contributed by atoms with Gasteiger partial charge in [-0.15, -0.1) is 0 Å². The molecule has 0 saturated carbocycles. The normalized spacial score (nSPS) is 10.4. The van der Waals surface area contributed by atoms with Crippen LogP contribution in [0.2, 0.25) is 0 Å². The van der Waals surface area contributed by atoms with Gasteiger partial charge in [0.2, 0.25) is 0 Å². The van der Waals surface area contributed by atoms with Crippen molar-refractivity contribution in [3.05, 3.63) is 88.4 Å². The summed E-state index contributed by atoms with van der Waals surface area (Å²) in [6.45, 7) is 2.09. The van der Waals surface area contributed by atoms with Crippen LogP contribution in [0.4, 0.5) is 0 Å². The Morgan fingerprint density at radius 3 is 2.21 bits per heavy atom. The Morgan fingerprint density at radius 1 is 0.917 bits per heavy atom. The smallest absolute Gasteiger partial charge is 0.343 e. The van der Waals surface area contributed by atoms with Gasteiger partial charge < -0.3 is 4.74 Å². The van der Waals surface area contributed by atoms with Gasteiger partial charge in [0.1, 0.15) is 5.75 Å². The molecule has 0 spiro atoms. The SMILES string of the molecule is CCc1ccc(OC(=O)c2ccc(-c3ccccc3)cc2)c(Br)c1. The fourth-order valence-electron chi connectivity index (χ4n) is 2.44. The van der Waals surface area contributed by atoms with E-state index in [2.05, 4.69) is 22.9 Å². The number of hydrogen-bond acceptors (Lipinski definition) is 2. The van der Waals surface area contributed by atoms with Crippen LogP contribution in [-0.2, 0) is 6.42 Å². The first-order chi connectivity index (χ1) is 11.7. The van der Waals surface area contributed by atoms with E-state index in [1.54, 1.807) is 12.1 Å². The minimum Gasteiger partial charge on any atom is -0.422 e. The van der Waals surface area contributed by atoms with Crippen molar-refractivity contribution in [3.63, 3.8) is 0 Å². The number of carbonyl (C=O) groups excluding carboxylic acids is 1. The van der Waals surface area contributed by atoms with Crippen LogP contribution < -0.4 is 4.74 Å². The van der Waals surface area contributed by atoms with Gasteiger partial charge in [0.15, 0.2) is 0 Å². The lowest BCUT2D eigenvalue weighted by Crippen LogP contribution is -2.08. The average molecular weight is 381 g/mol. The van der Waals surface area contributed by atoms with Gasteiger partial charge in [-0.3, -0.25) is 0 Å². The zero-order chi connectivity index (χ0) is 16.9. The third-order valence-electron chi connectivity index (χ3n) is 3.83. The molecule has 120 valence electrons. The van der Waals surface area contributed by atoms with Crippen LogP contribution in [0.1, 0.15) is 22.8 Å². The van der Waals surface area contributed by atoms with Gasteiger partial charge in [0.05, 0.1) is 10.0 Å². The second-order valence-electron chi connectivity index (χ2n) is 5.45. The number of aryl methyl sites for hydroxylation is 1. The van der Waals surface area contributed by atoms with Gasteiger partial charge in [0, 0.05) is 0 Å². The molecule has 0 saturated heterocycles. The minimum atomic E-state index is -0.362. The van der Waals surface area contributed by atoms with Crippen molar-refractivity contribution in [2.45, 2.75) is 13.3 Å². The second-order valence-corrected chi connectivity index (χ2v) is 6.31. The lowest BCUT2D eigenvalue weighted by molar-refractivity contribution is 0.0733. The third-order valence-corrected chi connectivity index (χ3v) is 4.45. The molecular weight excluding hydrogens is 364 g/mol. The maximum atomic E-state index is 12.3. The summed E-state index contributed by atoms with van der Waals surface area (Å²) in [4.78, 5) is 12.3. The predicted octanol–water partition coefficient (Wildman–Crippen LogP) is 5.90. The highest BCUT2D eigenvalue weighted by atomic mass is 79.9. The molecule has 3 aromatic rings. The van der Waals surface area contributed by atoms with Crippen molar-refractivity contribution in [2.75, 3.05) is 0 Å². The lowest BCUT2D eigenvalue weighted by Gasteiger charge is -2.08. The van der Waals surface area contributed by atoms with E-state index in [0.717, 1.165) is 22.0 Å². The topological polar surface area (TPSA) is 26.3 Å². The Hall–Kier alpha value is -2.39. The Morgan fingerprint density at radius 2 is 1.58 bits per heavy atom. The monoisotopic (exact) mass is 380 g/mol. The van der Waals surface area contributed by atoms with E-state index >= 15 is 0 Å². The molecule has 0 radical (unpaired) electrons. The van der Waals surface area contributed by atoms with Crippen LogP contribution >= 0.6 is 15.9 Å². The van der Waals surface area contributed by atoms with E-state index in [1.165, 1.54) is 5.56 Å². The molecule has 0 amide bonds. The largest absolute Gasteiger partial charge is 0.422 e. The molecule has 0 N–H and O–H groups in total. The fourth-order valence-corrected chi connectivity index (χ4v) is 2.94. The number of carbonyl (C=O) groups is 1. The molecule has 24 heavy (non-hydrogen) atoms. The van der Waals surface area contributed by atoms with Crippen LogP contribution in [0.5, 0.6) is 5.75 Å². The quantitative estimate of drug-likeness (QED) is 0.416. The molecule has 0 heterocycles. The van der Waals surface area contributed by atoms with E-state index in [0.29, 0.717) is 11.3 Å². The molecular formula is C21H17BrO2. The van der Waals surface area contributed by atoms with E-state index in [4.69, 9.17) is 4.74 Å². The number of halogens is 1. The summed E-state index contributed by atoms with van der Waals surface area (Å²) in [5.74, 6) is 0.170. The molecule has 0 unspecified atom stereocenters. The van der Waals surface area contributed by atoms with Crippen molar-refractivity contribution in [2.24, 2.45) is 0 Å². The molecule has 3 heteroatoms. The van der Waals surface area contributed by atoms with Gasteiger partial charge >= 0.3 is 5.97 Å². The van der Waals surface area contributed by atoms with Crippen LogP contribution in [0.25, 0.3) is 11.1 Å². The molecule has 0 fully saturated rings. The van der Waals surface area contributed by atoms with Crippen LogP contribution in [0.3, 0.4) is 0 Å². The fraction of sp³-hybridized carbons (Fsp3) is 0.0952. The molecule has 3 aromatic carbocycles. The Labute approximate surface area is 150 Å². The third kappa shape index (κ3) is 3.74. The summed E-state index contributed by atoms with van der Waals surface area (Å²) in [6, 6.07) is 23.3. The summed E-state index contributed by atoms with van der Waals surface area (Å²) in [5.41, 5.74) is 3.91. The highest BCUT2D eigenvalue weighted by Gasteiger charge is 2.11. The first kappa shape index (κ1) is 16.5. The Balaban J connectivity index is 1.76. The van der Waals surface area contributed by atoms with E-state index in [9.17, 15) is 4.79 Å². The first-order valence-corrected chi connectivity index (χ1v) is 8.63. The summed E-state index contributed by atoms with van der Waals surface area (Å²) >= 11 is 3.45. The van der Waals surface area contributed by atoms with Crippen LogP contribution in [0, 0.1) is 0 Å². The maximum absolute atomic E-state index is 12.3. The maximum Gasteiger partial charge on any atom is 0.343 e. The predicted molar refractivity (Wildman–Crippen MR) is 100 cm³/mol. The number of benzene rings is 3. The summed E-state index contributed by atoms with van der Waals surface area (Å²) in [6.07, 6.45) is 0.938. The second kappa shape index (κ2) is 7.45. The van der Waals surface area contributed by atoms with Crippen molar-refractivity contribution < 1.29 is 9.53 Å². The number of rotatable bonds is 4. The molecule has 2 nitrogen and oxygen atoms in total. The number of hydrogen-bond donors (Lipinski definition) is 0. The van der Waals surface area contributed by atoms with E-state index in [1.807, 2.05) is 60.7 Å². The first-order valence-electron chi connectivity index (χ1n) is 7.83. The summed E-state index contributed by atoms with van der Waals surface area (Å²) in [7, 11) is 0. The van der Waals surface area contributed by atoms with Crippen molar-refractivity contribution >= 4 is 21.9 Å². The van der Waals surface area contributed by atoms with E-state index in [-0.39, 0.29) is 5.97 Å². The average Bonchev–Trinajstić information content (AvgIpc) is 2.64. The number of ether oxygens (including phenoxy) is 1. The zero-order valence-corrected chi connectivity index (χ0v) is 14.9. The van der Waals surface area contributed by atoms with Gasteiger partial charge in [0.25, 0.3) is 0 Å². The molecule has 0 aliphatic rings. The van der Waals surface area contributed by atoms with Crippen LogP contribution in [-0.4, -0.2) is 5.97 Å². The molecule has 0 atom stereocenters. The molecule has 0 aliphatic heterocycles. The Bertz CT molecular complexity index is 839. The van der Waals surface area contributed by atoms with E-state index < -0.39 is 0 Å². The number of esters is 1. The minimum absolute atomic E-state index is 0.362. The standard InChI is InChI=1S/C21H17BrO2/c1-2-15-8-13-20(19(22)14-15)24-21(23)18-11-9-17(10-12-18)16-6-4-3-5-7-16/h3-14H,2H2,1H3. The van der Waals surface area contributed by atoms with Gasteiger partial charge in [-0.2, -0.15) is 0 Å². The van der Waals surface area contributed by atoms with Gasteiger partial charge in [-0.05, 0) is 63.3 Å². The van der Waals surface area contributed by atoms with Crippen molar-refractivity contribution in [1.82, 2.24) is 0 Å². The molecule has 0 bridgehead atoms. The molecule has 3 rings (SSSR count). The summed E-state index contributed by atoms with van der Waals surface area (Å²) in [5, 5.41) is 0. The summed E-state index contributed by atoms with van der Waals surface area (Å²) < 4.78 is 6.28. The molecule has 0 aromatic heterocycles. The molecule has 0 aliphatic carbocycles. The van der Waals surface area contributed by atoms with Gasteiger partial charge in [-0.25, -0.2) is 4.79 Å². The highest BCUT2D eigenvalue weighted by molar-refractivity contribution is 9.10.